The highest BCUT2D eigenvalue weighted by Gasteiger charge is 2.21. The van der Waals surface area contributed by atoms with Gasteiger partial charge in [-0.2, -0.15) is 0 Å². The molecule has 0 radical (unpaired) electrons. The first kappa shape index (κ1) is 15.9. The summed E-state index contributed by atoms with van der Waals surface area (Å²) in [5.74, 6) is -0.107. The quantitative estimate of drug-likeness (QED) is 0.864. The molecule has 1 amide bonds. The molecular formula is C13H21ClN2O. The van der Waals surface area contributed by atoms with Crippen LogP contribution in [-0.4, -0.2) is 18.5 Å². The summed E-state index contributed by atoms with van der Waals surface area (Å²) >= 11 is 0. The van der Waals surface area contributed by atoms with Crippen LogP contribution in [0.25, 0.3) is 0 Å². The maximum absolute atomic E-state index is 11.4. The average Bonchev–Trinajstić information content (AvgIpc) is 2.27. The van der Waals surface area contributed by atoms with E-state index < -0.39 is 6.04 Å². The molecule has 4 heteroatoms. The van der Waals surface area contributed by atoms with Crippen molar-refractivity contribution in [3.05, 3.63) is 35.9 Å². The number of hydrogen-bond donors (Lipinski definition) is 2. The van der Waals surface area contributed by atoms with Crippen molar-refractivity contribution in [2.75, 3.05) is 6.54 Å². The highest BCUT2D eigenvalue weighted by molar-refractivity contribution is 5.85. The summed E-state index contributed by atoms with van der Waals surface area (Å²) in [6.07, 6.45) is 0. The number of amides is 1. The lowest BCUT2D eigenvalue weighted by Crippen LogP contribution is -2.43. The molecule has 0 aliphatic heterocycles. The van der Waals surface area contributed by atoms with Gasteiger partial charge in [-0.15, -0.1) is 12.4 Å². The van der Waals surface area contributed by atoms with E-state index in [2.05, 4.69) is 31.3 Å². The van der Waals surface area contributed by atoms with Crippen molar-refractivity contribution < 1.29 is 4.79 Å². The van der Waals surface area contributed by atoms with Gasteiger partial charge in [-0.1, -0.05) is 44.2 Å². The molecule has 0 fully saturated rings. The van der Waals surface area contributed by atoms with Crippen LogP contribution in [0.15, 0.2) is 30.3 Å². The maximum Gasteiger partial charge on any atom is 0.236 e. The van der Waals surface area contributed by atoms with E-state index in [-0.39, 0.29) is 23.7 Å². The Hall–Kier alpha value is -1.06. The molecule has 1 rings (SSSR count). The molecule has 0 spiro atoms. The van der Waals surface area contributed by atoms with Crippen molar-refractivity contribution in [1.29, 1.82) is 0 Å². The fourth-order valence-corrected chi connectivity index (χ4v) is 1.46. The van der Waals surface area contributed by atoms with Crippen molar-refractivity contribution in [2.24, 2.45) is 5.73 Å². The van der Waals surface area contributed by atoms with E-state index in [0.29, 0.717) is 6.54 Å². The molecule has 1 aromatic carbocycles. The lowest BCUT2D eigenvalue weighted by molar-refractivity contribution is -0.122. The second-order valence-electron chi connectivity index (χ2n) is 4.76. The summed E-state index contributed by atoms with van der Waals surface area (Å²) in [6, 6.07) is 9.68. The first-order chi connectivity index (χ1) is 7.43. The Morgan fingerprint density at radius 2 is 1.88 bits per heavy atom. The maximum atomic E-state index is 11.4. The van der Waals surface area contributed by atoms with E-state index >= 15 is 0 Å². The SMILES string of the molecule is C[C@@H](N)C(=O)NCC(C)(C)c1ccccc1.Cl. The molecule has 3 N–H and O–H groups in total. The number of nitrogens with two attached hydrogens (primary N) is 1. The zero-order valence-electron chi connectivity index (χ0n) is 10.6. The minimum atomic E-state index is -0.452. The molecule has 0 aromatic heterocycles. The monoisotopic (exact) mass is 256 g/mol. The number of hydrogen-bond acceptors (Lipinski definition) is 2. The summed E-state index contributed by atoms with van der Waals surface area (Å²) in [5.41, 5.74) is 6.62. The van der Waals surface area contributed by atoms with Crippen LogP contribution in [0.5, 0.6) is 0 Å². The van der Waals surface area contributed by atoms with Crippen LogP contribution in [0, 0.1) is 0 Å². The van der Waals surface area contributed by atoms with E-state index in [9.17, 15) is 4.79 Å². The van der Waals surface area contributed by atoms with Gasteiger partial charge >= 0.3 is 0 Å². The van der Waals surface area contributed by atoms with Crippen molar-refractivity contribution in [2.45, 2.75) is 32.2 Å². The van der Waals surface area contributed by atoms with Gasteiger partial charge in [-0.25, -0.2) is 0 Å². The summed E-state index contributed by atoms with van der Waals surface area (Å²) < 4.78 is 0. The lowest BCUT2D eigenvalue weighted by atomic mass is 9.84. The van der Waals surface area contributed by atoms with Crippen LogP contribution in [-0.2, 0) is 10.2 Å². The van der Waals surface area contributed by atoms with Gasteiger partial charge < -0.3 is 11.1 Å². The third-order valence-corrected chi connectivity index (χ3v) is 2.67. The van der Waals surface area contributed by atoms with Crippen molar-refractivity contribution in [1.82, 2.24) is 5.32 Å². The third kappa shape index (κ3) is 4.75. The topological polar surface area (TPSA) is 55.1 Å². The number of carbonyl (C=O) groups is 1. The molecule has 1 atom stereocenters. The summed E-state index contributed by atoms with van der Waals surface area (Å²) in [6.45, 7) is 6.48. The molecule has 0 unspecified atom stereocenters. The van der Waals surface area contributed by atoms with Gasteiger partial charge in [0, 0.05) is 12.0 Å². The van der Waals surface area contributed by atoms with E-state index in [4.69, 9.17) is 5.73 Å². The van der Waals surface area contributed by atoms with Gasteiger partial charge in [-0.05, 0) is 12.5 Å². The molecule has 1 aromatic rings. The Morgan fingerprint density at radius 1 is 1.35 bits per heavy atom. The summed E-state index contributed by atoms with van der Waals surface area (Å²) in [4.78, 5) is 11.4. The highest BCUT2D eigenvalue weighted by atomic mass is 35.5. The van der Waals surface area contributed by atoms with Gasteiger partial charge in [-0.3, -0.25) is 4.79 Å². The predicted octanol–water partition coefficient (Wildman–Crippen LogP) is 1.85. The van der Waals surface area contributed by atoms with Crippen molar-refractivity contribution in [3.8, 4) is 0 Å². The number of rotatable bonds is 4. The molecule has 96 valence electrons. The second-order valence-corrected chi connectivity index (χ2v) is 4.76. The predicted molar refractivity (Wildman–Crippen MR) is 73.4 cm³/mol. The molecule has 0 heterocycles. The van der Waals surface area contributed by atoms with E-state index in [1.807, 2.05) is 18.2 Å². The summed E-state index contributed by atoms with van der Waals surface area (Å²) in [7, 11) is 0. The Bertz CT molecular complexity index is 350. The van der Waals surface area contributed by atoms with E-state index in [0.717, 1.165) is 0 Å². The highest BCUT2D eigenvalue weighted by Crippen LogP contribution is 2.21. The van der Waals surface area contributed by atoms with Gasteiger partial charge in [0.15, 0.2) is 0 Å². The normalized spacial score (nSPS) is 12.5. The second kappa shape index (κ2) is 6.62. The lowest BCUT2D eigenvalue weighted by Gasteiger charge is -2.26. The number of halogens is 1. The number of benzene rings is 1. The smallest absolute Gasteiger partial charge is 0.236 e. The molecule has 0 aliphatic carbocycles. The van der Waals surface area contributed by atoms with Crippen LogP contribution in [0.2, 0.25) is 0 Å². The largest absolute Gasteiger partial charge is 0.354 e. The van der Waals surface area contributed by atoms with E-state index in [1.165, 1.54) is 5.56 Å². The molecule has 17 heavy (non-hydrogen) atoms. The van der Waals surface area contributed by atoms with E-state index in [1.54, 1.807) is 6.92 Å². The first-order valence-electron chi connectivity index (χ1n) is 5.52. The molecular weight excluding hydrogens is 236 g/mol. The van der Waals surface area contributed by atoms with Crippen LogP contribution in [0.3, 0.4) is 0 Å². The van der Waals surface area contributed by atoms with Crippen LogP contribution >= 0.6 is 12.4 Å². The Kier molecular flexibility index (Phi) is 6.21. The average molecular weight is 257 g/mol. The van der Waals surface area contributed by atoms with Gasteiger partial charge in [0.1, 0.15) is 0 Å². The molecule has 3 nitrogen and oxygen atoms in total. The van der Waals surface area contributed by atoms with Crippen LogP contribution in [0.4, 0.5) is 0 Å². The Morgan fingerprint density at radius 3 is 2.35 bits per heavy atom. The fourth-order valence-electron chi connectivity index (χ4n) is 1.46. The standard InChI is InChI=1S/C13H20N2O.ClH/c1-10(14)12(16)15-9-13(2,3)11-7-5-4-6-8-11;/h4-8,10H,9,14H2,1-3H3,(H,15,16);1H/t10-;/m1./s1. The Labute approximate surface area is 109 Å². The van der Waals surface area contributed by atoms with Gasteiger partial charge in [0.25, 0.3) is 0 Å². The first-order valence-corrected chi connectivity index (χ1v) is 5.52. The fraction of sp³-hybridized carbons (Fsp3) is 0.462. The van der Waals surface area contributed by atoms with Crippen molar-refractivity contribution in [3.63, 3.8) is 0 Å². The van der Waals surface area contributed by atoms with Gasteiger partial charge in [0.05, 0.1) is 6.04 Å². The zero-order chi connectivity index (χ0) is 12.2. The molecule has 0 saturated carbocycles. The molecule has 0 aliphatic rings. The summed E-state index contributed by atoms with van der Waals surface area (Å²) in [5, 5.41) is 2.86. The van der Waals surface area contributed by atoms with Crippen molar-refractivity contribution >= 4 is 18.3 Å². The number of nitrogens with one attached hydrogen (secondary N) is 1. The van der Waals surface area contributed by atoms with Crippen LogP contribution < -0.4 is 11.1 Å². The van der Waals surface area contributed by atoms with Crippen LogP contribution in [0.1, 0.15) is 26.3 Å². The minimum Gasteiger partial charge on any atom is -0.354 e. The van der Waals surface area contributed by atoms with Gasteiger partial charge in [0.2, 0.25) is 5.91 Å². The Balaban J connectivity index is 0.00000256. The minimum absolute atomic E-state index is 0. The zero-order valence-corrected chi connectivity index (χ0v) is 11.4. The molecule has 0 bridgehead atoms. The molecule has 0 saturated heterocycles. The number of carbonyl (C=O) groups excluding carboxylic acids is 1. The third-order valence-electron chi connectivity index (χ3n) is 2.67.